The fourth-order valence-corrected chi connectivity index (χ4v) is 2.24. The van der Waals surface area contributed by atoms with Crippen LogP contribution in [0, 0.1) is 5.82 Å². The lowest BCUT2D eigenvalue weighted by Crippen LogP contribution is -2.69. The number of carbonyl (C=O) groups is 2. The van der Waals surface area contributed by atoms with Crippen LogP contribution < -0.4 is 10.6 Å². The molecule has 0 saturated carbocycles. The summed E-state index contributed by atoms with van der Waals surface area (Å²) in [5, 5.41) is 2.92. The lowest BCUT2D eigenvalue weighted by atomic mass is 10.1. The summed E-state index contributed by atoms with van der Waals surface area (Å²) in [6.07, 6.45) is -4.27. The molecule has 0 unspecified atom stereocenters. The second kappa shape index (κ2) is 7.87. The molecule has 0 spiro atoms. The van der Waals surface area contributed by atoms with Crippen molar-refractivity contribution in [2.75, 3.05) is 11.9 Å². The quantitative estimate of drug-likeness (QED) is 0.432. The predicted molar refractivity (Wildman–Crippen MR) is 86.6 cm³/mol. The third kappa shape index (κ3) is 4.33. The SMILES string of the molecule is CCOC(=O)[C@@](NC(=O)c1ccco1)(Nc1ccc(F)c(Cl)c1)C(F)(F)F. The van der Waals surface area contributed by atoms with Gasteiger partial charge < -0.3 is 19.8 Å². The molecule has 2 rings (SSSR count). The molecular weight excluding hydrogens is 396 g/mol. The maximum absolute atomic E-state index is 13.9. The predicted octanol–water partition coefficient (Wildman–Crippen LogP) is 3.74. The zero-order valence-electron chi connectivity index (χ0n) is 13.7. The second-order valence-electron chi connectivity index (χ2n) is 5.15. The summed E-state index contributed by atoms with van der Waals surface area (Å²) < 4.78 is 64.2. The van der Waals surface area contributed by atoms with Gasteiger partial charge in [-0.2, -0.15) is 13.2 Å². The van der Waals surface area contributed by atoms with Gasteiger partial charge >= 0.3 is 17.8 Å². The monoisotopic (exact) mass is 408 g/mol. The summed E-state index contributed by atoms with van der Waals surface area (Å²) in [6, 6.07) is 4.93. The van der Waals surface area contributed by atoms with Gasteiger partial charge in [-0.25, -0.2) is 9.18 Å². The largest absolute Gasteiger partial charge is 0.463 e. The Morgan fingerprint density at radius 1 is 1.26 bits per heavy atom. The number of alkyl halides is 3. The van der Waals surface area contributed by atoms with Crippen LogP contribution in [0.3, 0.4) is 0 Å². The number of furan rings is 1. The molecule has 0 bridgehead atoms. The molecule has 0 aliphatic carbocycles. The number of benzene rings is 1. The molecule has 0 fully saturated rings. The highest BCUT2D eigenvalue weighted by Gasteiger charge is 2.64. The van der Waals surface area contributed by atoms with E-state index in [1.165, 1.54) is 13.0 Å². The number of carbonyl (C=O) groups excluding carboxylic acids is 2. The molecule has 1 amide bonds. The summed E-state index contributed by atoms with van der Waals surface area (Å²) in [4.78, 5) is 24.4. The van der Waals surface area contributed by atoms with E-state index in [0.29, 0.717) is 0 Å². The van der Waals surface area contributed by atoms with Gasteiger partial charge in [-0.05, 0) is 37.3 Å². The van der Waals surface area contributed by atoms with E-state index in [0.717, 1.165) is 30.5 Å². The van der Waals surface area contributed by atoms with Crippen LogP contribution in [-0.4, -0.2) is 30.3 Å². The van der Waals surface area contributed by atoms with Gasteiger partial charge in [0.15, 0.2) is 5.76 Å². The zero-order chi connectivity index (χ0) is 20.2. The number of nitrogens with one attached hydrogen (secondary N) is 2. The van der Waals surface area contributed by atoms with Gasteiger partial charge in [-0.1, -0.05) is 11.6 Å². The summed E-state index contributed by atoms with van der Waals surface area (Å²) in [5.41, 5.74) is -4.06. The zero-order valence-corrected chi connectivity index (χ0v) is 14.4. The minimum absolute atomic E-state index is 0.383. The number of ether oxygens (including phenoxy) is 1. The smallest absolute Gasteiger partial charge is 0.441 e. The van der Waals surface area contributed by atoms with Gasteiger partial charge in [-0.15, -0.1) is 0 Å². The average molecular weight is 409 g/mol. The summed E-state index contributed by atoms with van der Waals surface area (Å²) in [5.74, 6) is -4.49. The molecule has 0 radical (unpaired) electrons. The van der Waals surface area contributed by atoms with Crippen LogP contribution in [0.15, 0.2) is 41.0 Å². The van der Waals surface area contributed by atoms with Gasteiger partial charge in [-0.3, -0.25) is 4.79 Å². The summed E-state index contributed by atoms with van der Waals surface area (Å²) >= 11 is 5.57. The lowest BCUT2D eigenvalue weighted by Gasteiger charge is -2.35. The highest BCUT2D eigenvalue weighted by atomic mass is 35.5. The van der Waals surface area contributed by atoms with Gasteiger partial charge in [0.2, 0.25) is 0 Å². The minimum atomic E-state index is -5.34. The van der Waals surface area contributed by atoms with E-state index < -0.39 is 40.3 Å². The van der Waals surface area contributed by atoms with Crippen LogP contribution >= 0.6 is 11.6 Å². The van der Waals surface area contributed by atoms with Crippen LogP contribution in [0.25, 0.3) is 0 Å². The molecule has 2 aromatic rings. The number of hydrogen-bond donors (Lipinski definition) is 2. The first kappa shape index (κ1) is 20.6. The van der Waals surface area contributed by atoms with Crippen LogP contribution in [0.2, 0.25) is 5.02 Å². The average Bonchev–Trinajstić information content (AvgIpc) is 3.11. The highest BCUT2D eigenvalue weighted by molar-refractivity contribution is 6.31. The van der Waals surface area contributed by atoms with E-state index in [4.69, 9.17) is 16.0 Å². The Labute approximate surface area is 155 Å². The highest BCUT2D eigenvalue weighted by Crippen LogP contribution is 2.34. The summed E-state index contributed by atoms with van der Waals surface area (Å²) in [6.45, 7) is 0.904. The molecule has 0 aliphatic heterocycles. The number of halogens is 5. The first-order chi connectivity index (χ1) is 12.6. The Morgan fingerprint density at radius 2 is 1.96 bits per heavy atom. The van der Waals surface area contributed by atoms with Gasteiger partial charge in [0.05, 0.1) is 17.9 Å². The van der Waals surface area contributed by atoms with Crippen molar-refractivity contribution in [2.24, 2.45) is 0 Å². The molecule has 0 aliphatic rings. The molecule has 1 aromatic carbocycles. The Morgan fingerprint density at radius 3 is 2.48 bits per heavy atom. The van der Waals surface area contributed by atoms with E-state index in [9.17, 15) is 27.2 Å². The van der Waals surface area contributed by atoms with Crippen LogP contribution in [0.1, 0.15) is 17.5 Å². The molecule has 0 saturated heterocycles. The standard InChI is InChI=1S/C16H13ClF4N2O4/c1-2-26-14(25)15(16(19,20)21,23-13(24)12-4-3-7-27-12)22-9-5-6-11(18)10(17)8-9/h3-8,22H,2H2,1H3,(H,23,24)/t15-/m0/s1. The van der Waals surface area contributed by atoms with Crippen molar-refractivity contribution >= 4 is 29.2 Å². The molecule has 1 aromatic heterocycles. The van der Waals surface area contributed by atoms with E-state index in [1.807, 2.05) is 5.32 Å². The Hall–Kier alpha value is -2.75. The minimum Gasteiger partial charge on any atom is -0.463 e. The number of rotatable bonds is 6. The molecule has 1 heterocycles. The van der Waals surface area contributed by atoms with Gasteiger partial charge in [0.25, 0.3) is 5.91 Å². The number of amides is 1. The summed E-state index contributed by atoms with van der Waals surface area (Å²) in [7, 11) is 0. The molecule has 1 atom stereocenters. The van der Waals surface area contributed by atoms with Crippen molar-refractivity contribution in [1.29, 1.82) is 0 Å². The van der Waals surface area contributed by atoms with E-state index >= 15 is 0 Å². The van der Waals surface area contributed by atoms with Crippen molar-refractivity contribution in [3.8, 4) is 0 Å². The van der Waals surface area contributed by atoms with E-state index in [2.05, 4.69) is 4.74 Å². The normalized spacial score (nSPS) is 13.6. The molecule has 27 heavy (non-hydrogen) atoms. The first-order valence-corrected chi connectivity index (χ1v) is 7.81. The fourth-order valence-electron chi connectivity index (χ4n) is 2.06. The third-order valence-electron chi connectivity index (χ3n) is 3.30. The van der Waals surface area contributed by atoms with Crippen molar-refractivity contribution in [3.63, 3.8) is 0 Å². The van der Waals surface area contributed by atoms with Crippen molar-refractivity contribution < 1.29 is 36.3 Å². The maximum atomic E-state index is 13.9. The Bertz CT molecular complexity index is 826. The maximum Gasteiger partial charge on any atom is 0.441 e. The molecule has 146 valence electrons. The van der Waals surface area contributed by atoms with Gasteiger partial charge in [0.1, 0.15) is 5.82 Å². The molecule has 6 nitrogen and oxygen atoms in total. The Balaban J connectivity index is 2.51. The van der Waals surface area contributed by atoms with Crippen LogP contribution in [-0.2, 0) is 9.53 Å². The first-order valence-electron chi connectivity index (χ1n) is 7.44. The fraction of sp³-hybridized carbons (Fsp3) is 0.250. The van der Waals surface area contributed by atoms with Gasteiger partial charge in [0, 0.05) is 5.69 Å². The number of hydrogen-bond acceptors (Lipinski definition) is 5. The molecule has 11 heteroatoms. The Kier molecular flexibility index (Phi) is 5.99. The molecule has 2 N–H and O–H groups in total. The van der Waals surface area contributed by atoms with Crippen molar-refractivity contribution in [1.82, 2.24) is 5.32 Å². The lowest BCUT2D eigenvalue weighted by molar-refractivity contribution is -0.204. The second-order valence-corrected chi connectivity index (χ2v) is 5.56. The topological polar surface area (TPSA) is 80.6 Å². The molecular formula is C16H13ClF4N2O4. The van der Waals surface area contributed by atoms with Crippen LogP contribution in [0.4, 0.5) is 23.2 Å². The van der Waals surface area contributed by atoms with Crippen molar-refractivity contribution in [2.45, 2.75) is 18.8 Å². The number of anilines is 1. The van der Waals surface area contributed by atoms with E-state index in [-0.39, 0.29) is 12.3 Å². The number of esters is 1. The van der Waals surface area contributed by atoms with Crippen molar-refractivity contribution in [3.05, 3.63) is 53.2 Å². The van der Waals surface area contributed by atoms with Crippen LogP contribution in [0.5, 0.6) is 0 Å². The third-order valence-corrected chi connectivity index (χ3v) is 3.59. The van der Waals surface area contributed by atoms with E-state index in [1.54, 1.807) is 5.32 Å².